The monoisotopic (exact) mass is 310 g/mol. The highest BCUT2D eigenvalue weighted by atomic mass is 32.2. The van der Waals surface area contributed by atoms with Gasteiger partial charge in [0.15, 0.2) is 0 Å². The molecule has 1 aromatic rings. The summed E-state index contributed by atoms with van der Waals surface area (Å²) in [4.78, 5) is 14.4. The van der Waals surface area contributed by atoms with E-state index < -0.39 is 16.1 Å². The lowest BCUT2D eigenvalue weighted by molar-refractivity contribution is -0.132. The molecule has 0 unspecified atom stereocenters. The summed E-state index contributed by atoms with van der Waals surface area (Å²) in [5, 5.41) is 0. The minimum atomic E-state index is -3.52. The summed E-state index contributed by atoms with van der Waals surface area (Å²) in [5.74, 6) is -0.121. The Morgan fingerprint density at radius 3 is 2.24 bits per heavy atom. The van der Waals surface area contributed by atoms with E-state index in [2.05, 4.69) is 0 Å². The third-order valence-corrected chi connectivity index (χ3v) is 4.99. The molecule has 116 valence electrons. The highest BCUT2D eigenvalue weighted by molar-refractivity contribution is 7.92. The first-order chi connectivity index (χ1) is 9.91. The fraction of sp³-hybridized carbons (Fsp3) is 0.533. The summed E-state index contributed by atoms with van der Waals surface area (Å²) >= 11 is 0. The summed E-state index contributed by atoms with van der Waals surface area (Å²) in [6, 6.07) is 8.06. The van der Waals surface area contributed by atoms with Gasteiger partial charge < -0.3 is 4.90 Å². The van der Waals surface area contributed by atoms with Crippen molar-refractivity contribution in [3.05, 3.63) is 30.3 Å². The van der Waals surface area contributed by atoms with Crippen molar-refractivity contribution >= 4 is 21.6 Å². The molecule has 0 N–H and O–H groups in total. The first kappa shape index (κ1) is 15.8. The zero-order valence-corrected chi connectivity index (χ0v) is 13.3. The predicted molar refractivity (Wildman–Crippen MR) is 83.7 cm³/mol. The molecule has 0 saturated carbocycles. The summed E-state index contributed by atoms with van der Waals surface area (Å²) in [6.45, 7) is 3.09. The van der Waals surface area contributed by atoms with Gasteiger partial charge in [-0.3, -0.25) is 9.10 Å². The molecule has 1 aliphatic rings. The molecule has 2 rings (SSSR count). The third-order valence-electron chi connectivity index (χ3n) is 3.74. The van der Waals surface area contributed by atoms with Crippen LogP contribution in [0.2, 0.25) is 0 Å². The number of rotatable bonds is 4. The van der Waals surface area contributed by atoms with Gasteiger partial charge >= 0.3 is 0 Å². The largest absolute Gasteiger partial charge is 0.341 e. The summed E-state index contributed by atoms with van der Waals surface area (Å²) in [7, 11) is -3.52. The number of piperidine rings is 1. The molecule has 0 aromatic heterocycles. The topological polar surface area (TPSA) is 57.7 Å². The van der Waals surface area contributed by atoms with Gasteiger partial charge in [-0.1, -0.05) is 18.2 Å². The van der Waals surface area contributed by atoms with Crippen molar-refractivity contribution in [2.45, 2.75) is 32.2 Å². The van der Waals surface area contributed by atoms with Crippen LogP contribution < -0.4 is 4.31 Å². The van der Waals surface area contributed by atoms with Gasteiger partial charge in [-0.25, -0.2) is 8.42 Å². The minimum Gasteiger partial charge on any atom is -0.341 e. The molecular weight excluding hydrogens is 288 g/mol. The van der Waals surface area contributed by atoms with Crippen LogP contribution in [0.15, 0.2) is 30.3 Å². The van der Waals surface area contributed by atoms with E-state index in [4.69, 9.17) is 0 Å². The van der Waals surface area contributed by atoms with Crippen LogP contribution >= 0.6 is 0 Å². The molecule has 0 spiro atoms. The second kappa shape index (κ2) is 6.47. The zero-order chi connectivity index (χ0) is 15.5. The molecule has 5 nitrogen and oxygen atoms in total. The molecule has 1 heterocycles. The van der Waals surface area contributed by atoms with Gasteiger partial charge in [0, 0.05) is 13.1 Å². The van der Waals surface area contributed by atoms with E-state index in [0.29, 0.717) is 5.69 Å². The molecule has 1 atom stereocenters. The van der Waals surface area contributed by atoms with Gasteiger partial charge in [0.1, 0.15) is 6.04 Å². The van der Waals surface area contributed by atoms with Gasteiger partial charge in [-0.15, -0.1) is 0 Å². The number of hydrogen-bond acceptors (Lipinski definition) is 3. The Labute approximate surface area is 126 Å². The van der Waals surface area contributed by atoms with E-state index in [9.17, 15) is 13.2 Å². The van der Waals surface area contributed by atoms with Crippen molar-refractivity contribution in [2.75, 3.05) is 23.7 Å². The van der Waals surface area contributed by atoms with Crippen LogP contribution in [0.3, 0.4) is 0 Å². The van der Waals surface area contributed by atoms with Crippen molar-refractivity contribution < 1.29 is 13.2 Å². The number of anilines is 1. The lowest BCUT2D eigenvalue weighted by Crippen LogP contribution is -2.50. The number of sulfonamides is 1. The Hall–Kier alpha value is -1.56. The van der Waals surface area contributed by atoms with Gasteiger partial charge in [-0.05, 0) is 38.3 Å². The number of carbonyl (C=O) groups excluding carboxylic acids is 1. The lowest BCUT2D eigenvalue weighted by atomic mass is 10.1. The third kappa shape index (κ3) is 3.75. The van der Waals surface area contributed by atoms with Gasteiger partial charge in [-0.2, -0.15) is 0 Å². The van der Waals surface area contributed by atoms with Crippen molar-refractivity contribution in [3.63, 3.8) is 0 Å². The molecule has 21 heavy (non-hydrogen) atoms. The Morgan fingerprint density at radius 2 is 1.71 bits per heavy atom. The van der Waals surface area contributed by atoms with Crippen LogP contribution in [0.4, 0.5) is 5.69 Å². The molecule has 0 aliphatic carbocycles. The number of likely N-dealkylation sites (tertiary alicyclic amines) is 1. The molecular formula is C15H22N2O3S. The van der Waals surface area contributed by atoms with E-state index in [1.807, 2.05) is 6.07 Å². The summed E-state index contributed by atoms with van der Waals surface area (Å²) in [6.07, 6.45) is 4.25. The molecule has 1 aromatic carbocycles. The van der Waals surface area contributed by atoms with E-state index >= 15 is 0 Å². The lowest BCUT2D eigenvalue weighted by Gasteiger charge is -2.34. The molecule has 6 heteroatoms. The van der Waals surface area contributed by atoms with Crippen LogP contribution in [-0.4, -0.2) is 44.6 Å². The smallest absolute Gasteiger partial charge is 0.246 e. The molecule has 0 bridgehead atoms. The van der Waals surface area contributed by atoms with Crippen LogP contribution in [0.25, 0.3) is 0 Å². The van der Waals surface area contributed by atoms with Crippen molar-refractivity contribution in [1.29, 1.82) is 0 Å². The highest BCUT2D eigenvalue weighted by Crippen LogP contribution is 2.22. The zero-order valence-electron chi connectivity index (χ0n) is 12.5. The Balaban J connectivity index is 2.27. The highest BCUT2D eigenvalue weighted by Gasteiger charge is 2.32. The average Bonchev–Trinajstić information content (AvgIpc) is 2.47. The molecule has 1 fully saturated rings. The van der Waals surface area contributed by atoms with Crippen molar-refractivity contribution in [3.8, 4) is 0 Å². The molecule has 1 saturated heterocycles. The number of para-hydroxylation sites is 1. The van der Waals surface area contributed by atoms with E-state index in [1.165, 1.54) is 4.31 Å². The molecule has 1 aliphatic heterocycles. The van der Waals surface area contributed by atoms with Gasteiger partial charge in [0.05, 0.1) is 11.9 Å². The Kier molecular flexibility index (Phi) is 4.88. The maximum absolute atomic E-state index is 12.6. The number of hydrogen-bond donors (Lipinski definition) is 0. The van der Waals surface area contributed by atoms with Gasteiger partial charge in [0.2, 0.25) is 15.9 Å². The van der Waals surface area contributed by atoms with Crippen molar-refractivity contribution in [2.24, 2.45) is 0 Å². The van der Waals surface area contributed by atoms with E-state index in [-0.39, 0.29) is 5.91 Å². The second-order valence-corrected chi connectivity index (χ2v) is 7.32. The predicted octanol–water partition coefficient (Wildman–Crippen LogP) is 1.85. The first-order valence-corrected chi connectivity index (χ1v) is 9.09. The fourth-order valence-corrected chi connectivity index (χ4v) is 3.93. The summed E-state index contributed by atoms with van der Waals surface area (Å²) < 4.78 is 25.4. The van der Waals surface area contributed by atoms with Crippen LogP contribution in [-0.2, 0) is 14.8 Å². The SMILES string of the molecule is C[C@@H](C(=O)N1CCCCC1)N(c1ccccc1)S(C)(=O)=O. The van der Waals surface area contributed by atoms with Gasteiger partial charge in [0.25, 0.3) is 0 Å². The minimum absolute atomic E-state index is 0.121. The maximum atomic E-state index is 12.6. The normalized spacial score (nSPS) is 17.3. The first-order valence-electron chi connectivity index (χ1n) is 7.24. The quantitative estimate of drug-likeness (QED) is 0.853. The average molecular weight is 310 g/mol. The Bertz CT molecular complexity index is 580. The number of benzene rings is 1. The number of carbonyl (C=O) groups is 1. The molecule has 1 amide bonds. The fourth-order valence-electron chi connectivity index (χ4n) is 2.76. The van der Waals surface area contributed by atoms with Crippen LogP contribution in [0.5, 0.6) is 0 Å². The number of amides is 1. The van der Waals surface area contributed by atoms with E-state index in [1.54, 1.807) is 36.1 Å². The second-order valence-electron chi connectivity index (χ2n) is 5.46. The molecule has 0 radical (unpaired) electrons. The van der Waals surface area contributed by atoms with E-state index in [0.717, 1.165) is 38.6 Å². The maximum Gasteiger partial charge on any atom is 0.246 e. The number of nitrogens with zero attached hydrogens (tertiary/aromatic N) is 2. The van der Waals surface area contributed by atoms with Crippen molar-refractivity contribution in [1.82, 2.24) is 4.90 Å². The van der Waals surface area contributed by atoms with Crippen LogP contribution in [0, 0.1) is 0 Å². The summed E-state index contributed by atoms with van der Waals surface area (Å²) in [5.41, 5.74) is 0.526. The van der Waals surface area contributed by atoms with Crippen LogP contribution in [0.1, 0.15) is 26.2 Å². The standard InChI is InChI=1S/C15H22N2O3S/c1-13(15(18)16-11-7-4-8-12-16)17(21(2,19)20)14-9-5-3-6-10-14/h3,5-6,9-10,13H,4,7-8,11-12H2,1-2H3/t13-/m0/s1. The Morgan fingerprint density at radius 1 is 1.14 bits per heavy atom.